The molecule has 0 aliphatic carbocycles. The van der Waals surface area contributed by atoms with Crippen LogP contribution in [-0.4, -0.2) is 5.11 Å². The molecule has 2 rings (SSSR count). The minimum Gasteiger partial charge on any atom is -0.399 e. The predicted octanol–water partition coefficient (Wildman–Crippen LogP) is 3.34. The van der Waals surface area contributed by atoms with E-state index in [2.05, 4.69) is 0 Å². The number of hydrogen-bond acceptors (Lipinski definition) is 2. The number of aliphatic hydroxyl groups excluding tert-OH is 1. The van der Waals surface area contributed by atoms with Gasteiger partial charge < -0.3 is 10.8 Å². The van der Waals surface area contributed by atoms with Crippen LogP contribution in [0.4, 0.5) is 10.1 Å². The summed E-state index contributed by atoms with van der Waals surface area (Å²) in [7, 11) is 0. The molecule has 4 heteroatoms. The molecule has 0 heterocycles. The lowest BCUT2D eigenvalue weighted by Crippen LogP contribution is -2.03. The van der Waals surface area contributed by atoms with Crippen molar-refractivity contribution in [2.45, 2.75) is 12.5 Å². The first-order valence-electron chi connectivity index (χ1n) is 5.53. The van der Waals surface area contributed by atoms with E-state index in [1.807, 2.05) is 0 Å². The maximum Gasteiger partial charge on any atom is 0.126 e. The third-order valence-corrected chi connectivity index (χ3v) is 2.98. The van der Waals surface area contributed by atoms with E-state index in [1.54, 1.807) is 24.3 Å². The summed E-state index contributed by atoms with van der Waals surface area (Å²) in [5, 5.41) is 10.5. The first-order valence-corrected chi connectivity index (χ1v) is 5.91. The van der Waals surface area contributed by atoms with Crippen molar-refractivity contribution in [1.82, 2.24) is 0 Å². The van der Waals surface area contributed by atoms with Crippen molar-refractivity contribution in [3.8, 4) is 0 Å². The van der Waals surface area contributed by atoms with Gasteiger partial charge in [0.25, 0.3) is 0 Å². The third-order valence-electron chi connectivity index (χ3n) is 2.74. The summed E-state index contributed by atoms with van der Waals surface area (Å²) < 4.78 is 13.5. The molecule has 0 saturated carbocycles. The molecule has 18 heavy (non-hydrogen) atoms. The van der Waals surface area contributed by atoms with Crippen molar-refractivity contribution < 1.29 is 9.50 Å². The Morgan fingerprint density at radius 1 is 1.17 bits per heavy atom. The molecule has 0 amide bonds. The molecule has 1 unspecified atom stereocenters. The largest absolute Gasteiger partial charge is 0.399 e. The monoisotopic (exact) mass is 265 g/mol. The number of anilines is 1. The van der Waals surface area contributed by atoms with Crippen LogP contribution in [0.3, 0.4) is 0 Å². The molecular weight excluding hydrogens is 253 g/mol. The van der Waals surface area contributed by atoms with Gasteiger partial charge in [-0.1, -0.05) is 23.7 Å². The van der Waals surface area contributed by atoms with Crippen LogP contribution in [-0.2, 0) is 6.42 Å². The Hall–Kier alpha value is -1.58. The van der Waals surface area contributed by atoms with Gasteiger partial charge in [-0.25, -0.2) is 4.39 Å². The maximum absolute atomic E-state index is 13.5. The highest BCUT2D eigenvalue weighted by molar-refractivity contribution is 6.30. The average Bonchev–Trinajstić information content (AvgIpc) is 2.34. The molecule has 0 saturated heterocycles. The zero-order chi connectivity index (χ0) is 13.1. The molecule has 2 aromatic rings. The zero-order valence-electron chi connectivity index (χ0n) is 9.61. The molecular formula is C14H13ClFNO. The Morgan fingerprint density at radius 3 is 2.50 bits per heavy atom. The van der Waals surface area contributed by atoms with Crippen LogP contribution in [0.1, 0.15) is 17.2 Å². The molecule has 0 radical (unpaired) electrons. The van der Waals surface area contributed by atoms with Gasteiger partial charge in [-0.2, -0.15) is 0 Å². The Bertz CT molecular complexity index is 542. The smallest absolute Gasteiger partial charge is 0.126 e. The van der Waals surface area contributed by atoms with Crippen LogP contribution in [0.15, 0.2) is 42.5 Å². The van der Waals surface area contributed by atoms with Gasteiger partial charge in [0.1, 0.15) is 5.82 Å². The molecule has 0 aliphatic heterocycles. The topological polar surface area (TPSA) is 46.2 Å². The molecule has 94 valence electrons. The van der Waals surface area contributed by atoms with Gasteiger partial charge in [0.05, 0.1) is 6.10 Å². The number of rotatable bonds is 3. The van der Waals surface area contributed by atoms with Gasteiger partial charge in [0, 0.05) is 17.1 Å². The first kappa shape index (κ1) is 12.9. The van der Waals surface area contributed by atoms with Crippen molar-refractivity contribution in [3.05, 3.63) is 64.4 Å². The lowest BCUT2D eigenvalue weighted by Gasteiger charge is -2.12. The van der Waals surface area contributed by atoms with Gasteiger partial charge in [0.15, 0.2) is 0 Å². The Kier molecular flexibility index (Phi) is 3.84. The zero-order valence-corrected chi connectivity index (χ0v) is 10.4. The van der Waals surface area contributed by atoms with E-state index >= 15 is 0 Å². The number of benzene rings is 2. The molecule has 0 aliphatic rings. The number of nitrogen functional groups attached to an aromatic ring is 1. The summed E-state index contributed by atoms with van der Waals surface area (Å²) in [6.07, 6.45) is -0.602. The van der Waals surface area contributed by atoms with Crippen LogP contribution in [0.2, 0.25) is 5.02 Å². The van der Waals surface area contributed by atoms with Crippen LogP contribution >= 0.6 is 11.6 Å². The van der Waals surface area contributed by atoms with E-state index in [1.165, 1.54) is 18.2 Å². The van der Waals surface area contributed by atoms with E-state index in [4.69, 9.17) is 17.3 Å². The van der Waals surface area contributed by atoms with Crippen LogP contribution < -0.4 is 5.73 Å². The number of halogens is 2. The van der Waals surface area contributed by atoms with Gasteiger partial charge in [0.2, 0.25) is 0 Å². The number of aliphatic hydroxyl groups is 1. The summed E-state index contributed by atoms with van der Waals surface area (Å²) >= 11 is 5.80. The van der Waals surface area contributed by atoms with Crippen LogP contribution in [0.5, 0.6) is 0 Å². The predicted molar refractivity (Wildman–Crippen MR) is 70.9 cm³/mol. The van der Waals surface area contributed by atoms with E-state index < -0.39 is 6.10 Å². The fourth-order valence-corrected chi connectivity index (χ4v) is 1.94. The summed E-state index contributed by atoms with van der Waals surface area (Å²) in [6.45, 7) is 0. The van der Waals surface area contributed by atoms with Crippen molar-refractivity contribution in [2.75, 3.05) is 5.73 Å². The fraction of sp³-hybridized carbons (Fsp3) is 0.143. The van der Waals surface area contributed by atoms with Crippen molar-refractivity contribution in [2.24, 2.45) is 0 Å². The van der Waals surface area contributed by atoms with Crippen molar-refractivity contribution >= 4 is 17.3 Å². The minimum absolute atomic E-state index is 0.177. The van der Waals surface area contributed by atoms with Crippen molar-refractivity contribution in [1.29, 1.82) is 0 Å². The molecule has 0 spiro atoms. The minimum atomic E-state index is -0.779. The third kappa shape index (κ3) is 3.00. The molecule has 2 nitrogen and oxygen atoms in total. The highest BCUT2D eigenvalue weighted by Crippen LogP contribution is 2.23. The molecule has 0 aromatic heterocycles. The highest BCUT2D eigenvalue weighted by atomic mass is 35.5. The standard InChI is InChI=1S/C14H13ClFNO/c15-11-3-6-13(16)10(7-11)8-14(18)9-1-4-12(17)5-2-9/h1-7,14,18H,8,17H2. The molecule has 1 atom stereocenters. The fourth-order valence-electron chi connectivity index (χ4n) is 1.74. The lowest BCUT2D eigenvalue weighted by molar-refractivity contribution is 0.177. The summed E-state index contributed by atoms with van der Waals surface area (Å²) in [5.41, 5.74) is 7.28. The van der Waals surface area contributed by atoms with E-state index in [9.17, 15) is 9.50 Å². The highest BCUT2D eigenvalue weighted by Gasteiger charge is 2.12. The Balaban J connectivity index is 2.18. The van der Waals surface area contributed by atoms with Crippen molar-refractivity contribution in [3.63, 3.8) is 0 Å². The SMILES string of the molecule is Nc1ccc(C(O)Cc2cc(Cl)ccc2F)cc1. The Labute approximate surface area is 110 Å². The maximum atomic E-state index is 13.5. The molecule has 0 fully saturated rings. The quantitative estimate of drug-likeness (QED) is 0.836. The van der Waals surface area contributed by atoms with Gasteiger partial charge in [-0.05, 0) is 41.5 Å². The van der Waals surface area contributed by atoms with Crippen LogP contribution in [0.25, 0.3) is 0 Å². The normalized spacial score (nSPS) is 12.4. The van der Waals surface area contributed by atoms with E-state index in [-0.39, 0.29) is 12.2 Å². The lowest BCUT2D eigenvalue weighted by atomic mass is 10.0. The second-order valence-electron chi connectivity index (χ2n) is 4.12. The van der Waals surface area contributed by atoms with Gasteiger partial charge in [-0.15, -0.1) is 0 Å². The molecule has 2 aromatic carbocycles. The van der Waals surface area contributed by atoms with E-state index in [0.29, 0.717) is 21.8 Å². The van der Waals surface area contributed by atoms with Crippen LogP contribution in [0, 0.1) is 5.82 Å². The molecule has 0 bridgehead atoms. The first-order chi connectivity index (χ1) is 8.56. The number of hydrogen-bond donors (Lipinski definition) is 2. The van der Waals surface area contributed by atoms with Gasteiger partial charge in [-0.3, -0.25) is 0 Å². The summed E-state index contributed by atoms with van der Waals surface area (Å²) in [4.78, 5) is 0. The number of nitrogens with two attached hydrogens (primary N) is 1. The average molecular weight is 266 g/mol. The van der Waals surface area contributed by atoms with Gasteiger partial charge >= 0.3 is 0 Å². The summed E-state index contributed by atoms with van der Waals surface area (Å²) in [6, 6.07) is 11.2. The van der Waals surface area contributed by atoms with E-state index in [0.717, 1.165) is 0 Å². The molecule has 3 N–H and O–H groups in total. The Morgan fingerprint density at radius 2 is 1.83 bits per heavy atom. The second-order valence-corrected chi connectivity index (χ2v) is 4.56. The second kappa shape index (κ2) is 5.38. The summed E-state index contributed by atoms with van der Waals surface area (Å²) in [5.74, 6) is -0.367.